The molecule has 1 aliphatic heterocycles. The molecule has 0 aromatic carbocycles. The zero-order valence-electron chi connectivity index (χ0n) is 14.5. The Morgan fingerprint density at radius 2 is 0.875 bits per heavy atom. The Kier molecular flexibility index (Phi) is 15.8. The molecular weight excluding hydrogens is 469 g/mol. The van der Waals surface area contributed by atoms with Gasteiger partial charge in [0.1, 0.15) is 11.7 Å². The summed E-state index contributed by atoms with van der Waals surface area (Å²) >= 11 is 26.7. The average Bonchev–Trinajstić information content (AvgIpc) is 2.47. The molecule has 0 radical (unpaired) electrons. The van der Waals surface area contributed by atoms with E-state index in [-0.39, 0.29) is 0 Å². The molecule has 0 aliphatic carbocycles. The molecule has 1 rings (SSSR count). The minimum Gasteiger partial charge on any atom is -0.165 e. The van der Waals surface area contributed by atoms with E-state index < -0.39 is 0 Å². The van der Waals surface area contributed by atoms with Gasteiger partial charge in [0, 0.05) is 13.7 Å². The summed E-state index contributed by atoms with van der Waals surface area (Å²) in [6.07, 6.45) is 7.18. The quantitative estimate of drug-likeness (QED) is 0.181. The lowest BCUT2D eigenvalue weighted by atomic mass is 10.4. The summed E-state index contributed by atoms with van der Waals surface area (Å²) < 4.78 is 3.05. The molecule has 0 aromatic rings. The molecule has 3 atom stereocenters. The van der Waals surface area contributed by atoms with Crippen LogP contribution in [-0.2, 0) is 0 Å². The summed E-state index contributed by atoms with van der Waals surface area (Å²) in [6, 6.07) is 0. The molecule has 1 aliphatic rings. The second-order valence-corrected chi connectivity index (χ2v) is 18.6. The van der Waals surface area contributed by atoms with E-state index in [4.69, 9.17) is 37.9 Å². The highest BCUT2D eigenvalue weighted by Crippen LogP contribution is 2.60. The number of hydrogen-bond acceptors (Lipinski definition) is 9. The van der Waals surface area contributed by atoms with Crippen LogP contribution in [0.15, 0.2) is 0 Å². The van der Waals surface area contributed by atoms with Crippen molar-refractivity contribution in [1.82, 2.24) is 0 Å². The molecule has 0 saturated carbocycles. The summed E-state index contributed by atoms with van der Waals surface area (Å²) in [5.41, 5.74) is 0. The van der Waals surface area contributed by atoms with Gasteiger partial charge in [0.25, 0.3) is 0 Å². The standard InChI is InChI=1S/C15H30S9/c1-4-7-10(16)19-13-22-14(20-11(17)8-5-2)24-15(23-13)21-12(18)9-6-3/h10-18H,4-9H2,1-3H3. The first-order chi connectivity index (χ1) is 11.5. The van der Waals surface area contributed by atoms with E-state index in [0.717, 1.165) is 0 Å². The van der Waals surface area contributed by atoms with E-state index in [0.29, 0.717) is 25.5 Å². The van der Waals surface area contributed by atoms with E-state index in [1.165, 1.54) is 38.5 Å². The minimum atomic E-state index is 0.448. The topological polar surface area (TPSA) is 0 Å². The van der Waals surface area contributed by atoms with Gasteiger partial charge in [-0.25, -0.2) is 0 Å². The molecule has 0 N–H and O–H groups in total. The second-order valence-electron chi connectivity index (χ2n) is 5.41. The van der Waals surface area contributed by atoms with Crippen LogP contribution in [0.3, 0.4) is 0 Å². The molecule has 144 valence electrons. The Morgan fingerprint density at radius 3 is 1.08 bits per heavy atom. The SMILES string of the molecule is CCCC(S)SC1SC(SC(S)CCC)SC(SC(S)CCC)S1. The van der Waals surface area contributed by atoms with Crippen LogP contribution in [0.5, 0.6) is 0 Å². The van der Waals surface area contributed by atoms with Gasteiger partial charge in [0.2, 0.25) is 0 Å². The van der Waals surface area contributed by atoms with Crippen LogP contribution < -0.4 is 0 Å². The van der Waals surface area contributed by atoms with Gasteiger partial charge in [-0.15, -0.1) is 70.6 Å². The van der Waals surface area contributed by atoms with Crippen molar-refractivity contribution in [3.63, 3.8) is 0 Å². The molecule has 1 saturated heterocycles. The molecule has 3 unspecified atom stereocenters. The van der Waals surface area contributed by atoms with Gasteiger partial charge in [-0.05, 0) is 19.3 Å². The van der Waals surface area contributed by atoms with Crippen molar-refractivity contribution < 1.29 is 0 Å². The Hall–Kier alpha value is 3.15. The van der Waals surface area contributed by atoms with Gasteiger partial charge in [-0.1, -0.05) is 40.0 Å². The predicted molar refractivity (Wildman–Crippen MR) is 140 cm³/mol. The Bertz CT molecular complexity index is 264. The smallest absolute Gasteiger partial charge is 0.101 e. The first-order valence-electron chi connectivity index (χ1n) is 8.45. The second kappa shape index (κ2) is 15.1. The van der Waals surface area contributed by atoms with Crippen molar-refractivity contribution in [2.45, 2.75) is 84.8 Å². The van der Waals surface area contributed by atoms with Crippen LogP contribution in [0, 0.1) is 0 Å². The molecular formula is C15H30S9. The molecule has 0 nitrogen and oxygen atoms in total. The van der Waals surface area contributed by atoms with Gasteiger partial charge >= 0.3 is 0 Å². The number of thiol groups is 3. The summed E-state index contributed by atoms with van der Waals surface area (Å²) in [7, 11) is 0. The highest BCUT2D eigenvalue weighted by atomic mass is 32.3. The van der Waals surface area contributed by atoms with Crippen molar-refractivity contribution >= 4 is 108 Å². The maximum absolute atomic E-state index is 4.77. The fourth-order valence-corrected chi connectivity index (χ4v) is 18.9. The van der Waals surface area contributed by atoms with Crippen molar-refractivity contribution in [1.29, 1.82) is 0 Å². The van der Waals surface area contributed by atoms with Gasteiger partial charge in [0.05, 0.1) is 0 Å². The van der Waals surface area contributed by atoms with Crippen LogP contribution in [0.25, 0.3) is 0 Å². The Morgan fingerprint density at radius 1 is 0.625 bits per heavy atom. The molecule has 0 spiro atoms. The van der Waals surface area contributed by atoms with Crippen molar-refractivity contribution in [2.75, 3.05) is 0 Å². The molecule has 1 fully saturated rings. The lowest BCUT2D eigenvalue weighted by molar-refractivity contribution is 0.873. The molecule has 1 heterocycles. The third-order valence-corrected chi connectivity index (χ3v) is 14.6. The molecule has 0 amide bonds. The summed E-state index contributed by atoms with van der Waals surface area (Å²) in [5.74, 6) is 0. The Labute approximate surface area is 191 Å². The third kappa shape index (κ3) is 11.2. The van der Waals surface area contributed by atoms with Crippen molar-refractivity contribution in [3.05, 3.63) is 0 Å². The lowest BCUT2D eigenvalue weighted by Crippen LogP contribution is -2.16. The Balaban J connectivity index is 2.59. The molecule has 9 heteroatoms. The van der Waals surface area contributed by atoms with Crippen LogP contribution in [0.1, 0.15) is 59.3 Å². The van der Waals surface area contributed by atoms with E-state index in [1.807, 2.05) is 35.3 Å². The van der Waals surface area contributed by atoms with Crippen LogP contribution in [-0.4, -0.2) is 25.5 Å². The minimum absolute atomic E-state index is 0.448. The first kappa shape index (κ1) is 25.2. The van der Waals surface area contributed by atoms with Gasteiger partial charge in [-0.2, -0.15) is 37.9 Å². The van der Waals surface area contributed by atoms with Crippen LogP contribution in [0.4, 0.5) is 0 Å². The maximum atomic E-state index is 4.77. The number of hydrogen-bond donors (Lipinski definition) is 3. The normalized spacial score (nSPS) is 28.5. The monoisotopic (exact) mass is 498 g/mol. The fraction of sp³-hybridized carbons (Fsp3) is 1.00. The zero-order chi connectivity index (χ0) is 17.9. The average molecular weight is 499 g/mol. The molecule has 0 bridgehead atoms. The van der Waals surface area contributed by atoms with Crippen molar-refractivity contribution in [3.8, 4) is 0 Å². The largest absolute Gasteiger partial charge is 0.165 e. The van der Waals surface area contributed by atoms with E-state index in [2.05, 4.69) is 56.1 Å². The number of rotatable bonds is 12. The van der Waals surface area contributed by atoms with E-state index in [9.17, 15) is 0 Å². The van der Waals surface area contributed by atoms with Crippen LogP contribution >= 0.6 is 108 Å². The summed E-state index contributed by atoms with van der Waals surface area (Å²) in [4.78, 5) is 0. The highest BCUT2D eigenvalue weighted by molar-refractivity contribution is 8.52. The van der Waals surface area contributed by atoms with Gasteiger partial charge < -0.3 is 0 Å². The summed E-state index contributed by atoms with van der Waals surface area (Å²) in [6.45, 7) is 6.72. The zero-order valence-corrected chi connectivity index (χ0v) is 22.1. The predicted octanol–water partition coefficient (Wildman–Crippen LogP) is 8.42. The van der Waals surface area contributed by atoms with E-state index >= 15 is 0 Å². The maximum Gasteiger partial charge on any atom is 0.101 e. The molecule has 24 heavy (non-hydrogen) atoms. The fourth-order valence-electron chi connectivity index (χ4n) is 1.89. The highest BCUT2D eigenvalue weighted by Gasteiger charge is 2.34. The van der Waals surface area contributed by atoms with Crippen molar-refractivity contribution in [2.24, 2.45) is 0 Å². The van der Waals surface area contributed by atoms with Gasteiger partial charge in [0.15, 0.2) is 0 Å². The van der Waals surface area contributed by atoms with Gasteiger partial charge in [-0.3, -0.25) is 0 Å². The molecule has 0 aromatic heterocycles. The summed E-state index contributed by atoms with van der Waals surface area (Å²) in [5, 5.41) is 0. The number of thioether (sulfide) groups is 6. The van der Waals surface area contributed by atoms with E-state index in [1.54, 1.807) is 0 Å². The lowest BCUT2D eigenvalue weighted by Gasteiger charge is -2.35. The third-order valence-electron chi connectivity index (χ3n) is 3.08. The first-order valence-corrected chi connectivity index (χ1v) is 15.7. The van der Waals surface area contributed by atoms with Crippen LogP contribution in [0.2, 0.25) is 0 Å².